The third kappa shape index (κ3) is 3.47. The zero-order valence-corrected chi connectivity index (χ0v) is 21.5. The lowest BCUT2D eigenvalue weighted by atomic mass is 9.96. The van der Waals surface area contributed by atoms with Crippen molar-refractivity contribution in [2.24, 2.45) is 0 Å². The Morgan fingerprint density at radius 1 is 0.525 bits per heavy atom. The highest BCUT2D eigenvalue weighted by molar-refractivity contribution is 6.12. The zero-order chi connectivity index (χ0) is 26.5. The van der Waals surface area contributed by atoms with Crippen LogP contribution in [0, 0.1) is 0 Å². The van der Waals surface area contributed by atoms with Gasteiger partial charge in [-0.15, -0.1) is 0 Å². The first-order valence-electron chi connectivity index (χ1n) is 13.3. The molecule has 7 aromatic rings. The van der Waals surface area contributed by atoms with Crippen molar-refractivity contribution in [1.29, 1.82) is 0 Å². The Morgan fingerprint density at radius 2 is 1.23 bits per heavy atom. The minimum atomic E-state index is 0.831. The van der Waals surface area contributed by atoms with Crippen LogP contribution < -0.4 is 4.74 Å². The molecule has 0 fully saturated rings. The van der Waals surface area contributed by atoms with Crippen LogP contribution in [0.5, 0.6) is 11.5 Å². The fourth-order valence-electron chi connectivity index (χ4n) is 5.79. The second kappa shape index (κ2) is 9.07. The molecule has 188 valence electrons. The fourth-order valence-corrected chi connectivity index (χ4v) is 5.79. The third-order valence-electron chi connectivity index (χ3n) is 7.53. The molecule has 8 rings (SSSR count). The lowest BCUT2D eigenvalue weighted by Crippen LogP contribution is -2.00. The molecule has 0 unspecified atom stereocenters. The van der Waals surface area contributed by atoms with Crippen LogP contribution in [0.1, 0.15) is 0 Å². The van der Waals surface area contributed by atoms with Gasteiger partial charge in [0.1, 0.15) is 11.5 Å². The fraction of sp³-hybridized carbons (Fsp3) is 0. The highest BCUT2D eigenvalue weighted by Gasteiger charge is 2.29. The molecule has 0 saturated heterocycles. The van der Waals surface area contributed by atoms with Crippen LogP contribution in [0.4, 0.5) is 0 Å². The van der Waals surface area contributed by atoms with Gasteiger partial charge >= 0.3 is 0 Å². The molecule has 0 amide bonds. The van der Waals surface area contributed by atoms with Crippen LogP contribution in [0.25, 0.3) is 61.5 Å². The van der Waals surface area contributed by atoms with Crippen molar-refractivity contribution in [1.82, 2.24) is 14.5 Å². The third-order valence-corrected chi connectivity index (χ3v) is 7.53. The number of nitrogens with zero attached hydrogens (tertiary/aromatic N) is 3. The summed E-state index contributed by atoms with van der Waals surface area (Å²) < 4.78 is 8.89. The summed E-state index contributed by atoms with van der Waals surface area (Å²) in [7, 11) is 0. The van der Waals surface area contributed by atoms with E-state index in [9.17, 15) is 0 Å². The molecule has 1 aliphatic heterocycles. The molecule has 0 aliphatic carbocycles. The van der Waals surface area contributed by atoms with Gasteiger partial charge in [0, 0.05) is 33.8 Å². The molecular formula is C36H23N3O. The summed E-state index contributed by atoms with van der Waals surface area (Å²) in [6.07, 6.45) is 3.75. The standard InChI is InChI=1S/C36H23N3O/c1-2-11-24(12-3-1)26-15-10-16-29-34-27-13-4-6-18-32(27)40-33-19-7-5-14-28(33)36(34)39(35(26)29)25-20-21-31(38-23-25)30-17-8-9-22-37-30/h1-23H. The molecule has 40 heavy (non-hydrogen) atoms. The van der Waals surface area contributed by atoms with E-state index < -0.39 is 0 Å². The first-order valence-corrected chi connectivity index (χ1v) is 13.3. The van der Waals surface area contributed by atoms with Crippen molar-refractivity contribution in [2.75, 3.05) is 0 Å². The predicted molar refractivity (Wildman–Crippen MR) is 161 cm³/mol. The van der Waals surface area contributed by atoms with Crippen molar-refractivity contribution in [3.05, 3.63) is 140 Å². The Morgan fingerprint density at radius 3 is 2.00 bits per heavy atom. The number of benzene rings is 4. The average molecular weight is 514 g/mol. The molecule has 4 heteroatoms. The summed E-state index contributed by atoms with van der Waals surface area (Å²) in [6.45, 7) is 0. The lowest BCUT2D eigenvalue weighted by Gasteiger charge is -2.15. The summed E-state index contributed by atoms with van der Waals surface area (Å²) in [5.41, 5.74) is 10.5. The van der Waals surface area contributed by atoms with Gasteiger partial charge in [-0.25, -0.2) is 0 Å². The van der Waals surface area contributed by atoms with Gasteiger partial charge in [0.25, 0.3) is 0 Å². The van der Waals surface area contributed by atoms with E-state index in [1.807, 2.05) is 48.7 Å². The van der Waals surface area contributed by atoms with Gasteiger partial charge in [-0.3, -0.25) is 9.97 Å². The normalized spacial score (nSPS) is 11.7. The van der Waals surface area contributed by atoms with Crippen LogP contribution in [0.3, 0.4) is 0 Å². The quantitative estimate of drug-likeness (QED) is 0.236. The minimum Gasteiger partial charge on any atom is -0.456 e. The first kappa shape index (κ1) is 22.5. The molecule has 4 heterocycles. The van der Waals surface area contributed by atoms with E-state index in [0.29, 0.717) is 0 Å². The highest BCUT2D eigenvalue weighted by Crippen LogP contribution is 2.52. The highest BCUT2D eigenvalue weighted by atomic mass is 16.5. The number of para-hydroxylation sites is 3. The molecule has 0 spiro atoms. The van der Waals surface area contributed by atoms with Crippen molar-refractivity contribution in [3.63, 3.8) is 0 Å². The van der Waals surface area contributed by atoms with Crippen molar-refractivity contribution < 1.29 is 4.74 Å². The van der Waals surface area contributed by atoms with Crippen molar-refractivity contribution >= 4 is 10.9 Å². The van der Waals surface area contributed by atoms with E-state index in [1.54, 1.807) is 6.20 Å². The zero-order valence-electron chi connectivity index (χ0n) is 21.5. The molecular weight excluding hydrogens is 490 g/mol. The SMILES string of the molecule is c1ccc(-c2cccc3c4c(n(-c5ccc(-c6ccccn6)nc5)c23)-c2ccccc2Oc2ccccc2-4)cc1. The van der Waals surface area contributed by atoms with Gasteiger partial charge in [-0.2, -0.15) is 0 Å². The van der Waals surface area contributed by atoms with E-state index in [-0.39, 0.29) is 0 Å². The maximum atomic E-state index is 6.54. The van der Waals surface area contributed by atoms with Crippen LogP contribution in [-0.4, -0.2) is 14.5 Å². The smallest absolute Gasteiger partial charge is 0.136 e. The van der Waals surface area contributed by atoms with Crippen LogP contribution >= 0.6 is 0 Å². The van der Waals surface area contributed by atoms with Gasteiger partial charge in [0.05, 0.1) is 34.5 Å². The number of hydrogen-bond acceptors (Lipinski definition) is 3. The molecule has 4 aromatic carbocycles. The molecule has 0 saturated carbocycles. The number of fused-ring (bicyclic) bond motifs is 7. The van der Waals surface area contributed by atoms with Gasteiger partial charge in [0.2, 0.25) is 0 Å². The minimum absolute atomic E-state index is 0.831. The number of hydrogen-bond donors (Lipinski definition) is 0. The predicted octanol–water partition coefficient (Wildman–Crippen LogP) is 9.19. The summed E-state index contributed by atoms with van der Waals surface area (Å²) in [6, 6.07) is 43.8. The molecule has 3 aromatic heterocycles. The van der Waals surface area contributed by atoms with Gasteiger partial charge in [0.15, 0.2) is 0 Å². The Balaban J connectivity index is 1.51. The Labute approximate surface area is 231 Å². The monoisotopic (exact) mass is 513 g/mol. The number of aromatic nitrogens is 3. The van der Waals surface area contributed by atoms with Gasteiger partial charge < -0.3 is 9.30 Å². The van der Waals surface area contributed by atoms with Crippen molar-refractivity contribution in [3.8, 4) is 62.1 Å². The Bertz CT molecular complexity index is 2010. The molecule has 0 atom stereocenters. The maximum absolute atomic E-state index is 6.54. The first-order chi connectivity index (χ1) is 19.9. The number of ether oxygens (including phenoxy) is 1. The van der Waals surface area contributed by atoms with E-state index in [2.05, 4.69) is 94.5 Å². The summed E-state index contributed by atoms with van der Waals surface area (Å²) in [5, 5.41) is 1.16. The molecule has 1 aliphatic rings. The average Bonchev–Trinajstić information content (AvgIpc) is 3.30. The van der Waals surface area contributed by atoms with E-state index in [0.717, 1.165) is 73.0 Å². The van der Waals surface area contributed by atoms with E-state index in [4.69, 9.17) is 9.72 Å². The second-order valence-corrected chi connectivity index (χ2v) is 9.84. The number of pyridine rings is 2. The summed E-state index contributed by atoms with van der Waals surface area (Å²) in [5.74, 6) is 1.68. The molecule has 4 nitrogen and oxygen atoms in total. The van der Waals surface area contributed by atoms with Gasteiger partial charge in [-0.1, -0.05) is 84.9 Å². The van der Waals surface area contributed by atoms with Gasteiger partial charge in [-0.05, 0) is 48.0 Å². The molecule has 0 radical (unpaired) electrons. The van der Waals surface area contributed by atoms with E-state index >= 15 is 0 Å². The Kier molecular flexibility index (Phi) is 5.10. The van der Waals surface area contributed by atoms with Crippen molar-refractivity contribution in [2.45, 2.75) is 0 Å². The van der Waals surface area contributed by atoms with Crippen LogP contribution in [0.2, 0.25) is 0 Å². The van der Waals surface area contributed by atoms with Crippen LogP contribution in [-0.2, 0) is 0 Å². The summed E-state index contributed by atoms with van der Waals surface area (Å²) in [4.78, 5) is 9.37. The topological polar surface area (TPSA) is 39.9 Å². The largest absolute Gasteiger partial charge is 0.456 e. The van der Waals surface area contributed by atoms with E-state index in [1.165, 1.54) is 0 Å². The Hall–Kier alpha value is -5.48. The maximum Gasteiger partial charge on any atom is 0.136 e. The van der Waals surface area contributed by atoms with Crippen LogP contribution in [0.15, 0.2) is 140 Å². The second-order valence-electron chi connectivity index (χ2n) is 9.84. The molecule has 0 bridgehead atoms. The lowest BCUT2D eigenvalue weighted by molar-refractivity contribution is 0.487. The summed E-state index contributed by atoms with van der Waals surface area (Å²) >= 11 is 0. The number of rotatable bonds is 3. The molecule has 0 N–H and O–H groups in total.